The van der Waals surface area contributed by atoms with E-state index in [0.29, 0.717) is 12.0 Å². The van der Waals surface area contributed by atoms with E-state index in [9.17, 15) is 34.8 Å². The molecule has 0 heterocycles. The van der Waals surface area contributed by atoms with Gasteiger partial charge in [0.05, 0.1) is 11.6 Å². The summed E-state index contributed by atoms with van der Waals surface area (Å²) >= 11 is 0. The van der Waals surface area contributed by atoms with Gasteiger partial charge in [0.1, 0.15) is 22.8 Å². The van der Waals surface area contributed by atoms with E-state index in [4.69, 9.17) is 11.5 Å². The molecule has 1 aromatic rings. The Balaban J connectivity index is 2.01. The summed E-state index contributed by atoms with van der Waals surface area (Å²) in [4.78, 5) is 37.7. The van der Waals surface area contributed by atoms with Crippen LogP contribution in [0.25, 0.3) is 5.76 Å². The van der Waals surface area contributed by atoms with Crippen molar-refractivity contribution in [1.82, 2.24) is 0 Å². The first kappa shape index (κ1) is 20.1. The summed E-state index contributed by atoms with van der Waals surface area (Å²) in [6.45, 7) is 1.87. The number of rotatable bonds is 2. The summed E-state index contributed by atoms with van der Waals surface area (Å²) in [5.41, 5.74) is 8.12. The molecule has 3 aliphatic carbocycles. The first-order valence-corrected chi connectivity index (χ1v) is 9.63. The van der Waals surface area contributed by atoms with Crippen LogP contribution in [0.4, 0.5) is 0 Å². The van der Waals surface area contributed by atoms with Gasteiger partial charge in [0.25, 0.3) is 5.91 Å². The zero-order chi connectivity index (χ0) is 22.1. The van der Waals surface area contributed by atoms with Crippen molar-refractivity contribution in [3.63, 3.8) is 0 Å². The van der Waals surface area contributed by atoms with Crippen LogP contribution < -0.4 is 11.5 Å². The largest absolute Gasteiger partial charge is 0.508 e. The summed E-state index contributed by atoms with van der Waals surface area (Å²) in [6.07, 6.45) is 0.534. The minimum atomic E-state index is -2.68. The number of aromatic hydroxyl groups is 1. The fraction of sp³-hybridized carbons (Fsp3) is 0.381. The Morgan fingerprint density at radius 2 is 1.90 bits per heavy atom. The quantitative estimate of drug-likeness (QED) is 0.373. The molecular formula is C21H22N2O7. The molecule has 0 bridgehead atoms. The number of primary amides is 1. The number of ketones is 2. The molecule has 0 saturated heterocycles. The van der Waals surface area contributed by atoms with Crippen LogP contribution in [0.3, 0.4) is 0 Å². The van der Waals surface area contributed by atoms with Crippen molar-refractivity contribution in [3.8, 4) is 5.75 Å². The second-order valence-corrected chi connectivity index (χ2v) is 8.04. The zero-order valence-corrected chi connectivity index (χ0v) is 16.1. The van der Waals surface area contributed by atoms with Crippen LogP contribution >= 0.6 is 0 Å². The highest BCUT2D eigenvalue weighted by molar-refractivity contribution is 6.24. The molecule has 0 radical (unpaired) electrons. The molecule has 8 N–H and O–H groups in total. The maximum Gasteiger partial charge on any atom is 0.255 e. The lowest BCUT2D eigenvalue weighted by atomic mass is 9.55. The molecule has 3 aliphatic rings. The minimum absolute atomic E-state index is 0.00174. The Morgan fingerprint density at radius 3 is 2.50 bits per heavy atom. The number of hydrogen-bond donors (Lipinski definition) is 6. The summed E-state index contributed by atoms with van der Waals surface area (Å²) in [5, 5.41) is 43.1. The van der Waals surface area contributed by atoms with Crippen LogP contribution in [-0.2, 0) is 14.4 Å². The van der Waals surface area contributed by atoms with Gasteiger partial charge in [0.15, 0.2) is 11.4 Å². The van der Waals surface area contributed by atoms with Gasteiger partial charge in [0.2, 0.25) is 5.78 Å². The molecule has 0 aromatic heterocycles. The van der Waals surface area contributed by atoms with E-state index in [2.05, 4.69) is 0 Å². The number of nitrogens with two attached hydrogens (primary N) is 2. The zero-order valence-electron chi connectivity index (χ0n) is 16.1. The van der Waals surface area contributed by atoms with Gasteiger partial charge in [-0.15, -0.1) is 0 Å². The van der Waals surface area contributed by atoms with Gasteiger partial charge in [-0.2, -0.15) is 0 Å². The number of Topliss-reactive ketones (excluding diaryl/α,β-unsaturated/α-hetero) is 2. The minimum Gasteiger partial charge on any atom is -0.508 e. The number of phenolic OH excluding ortho intramolecular Hbond substituents is 1. The van der Waals surface area contributed by atoms with Crippen LogP contribution in [-0.4, -0.2) is 49.5 Å². The van der Waals surface area contributed by atoms with E-state index in [-0.39, 0.29) is 29.2 Å². The molecule has 158 valence electrons. The lowest BCUT2D eigenvalue weighted by molar-refractivity contribution is -0.149. The molecule has 4 rings (SSSR count). The van der Waals surface area contributed by atoms with Gasteiger partial charge < -0.3 is 31.9 Å². The fourth-order valence-electron chi connectivity index (χ4n) is 5.32. The number of aliphatic hydroxyl groups is 3. The number of carbonyl (C=O) groups is 3. The third kappa shape index (κ3) is 2.27. The maximum absolute atomic E-state index is 13.5. The van der Waals surface area contributed by atoms with Crippen LogP contribution in [0.1, 0.15) is 36.8 Å². The Kier molecular flexibility index (Phi) is 4.30. The molecule has 30 heavy (non-hydrogen) atoms. The average Bonchev–Trinajstić information content (AvgIpc) is 2.68. The number of benzene rings is 1. The third-order valence-electron chi connectivity index (χ3n) is 6.72. The predicted octanol–water partition coefficient (Wildman–Crippen LogP) is 0.312. The SMILES string of the molecule is CC[C@@H]1c2cccc(O)c2C(O)=C2C(=O)[C@]3(O)C(O)=C(C(N)=O)C(=O)[C@@H](N)[C@@H]3C[C@@H]21. The summed E-state index contributed by atoms with van der Waals surface area (Å²) in [7, 11) is 0. The van der Waals surface area contributed by atoms with Crippen molar-refractivity contribution in [2.75, 3.05) is 0 Å². The molecule has 9 nitrogen and oxygen atoms in total. The first-order valence-electron chi connectivity index (χ1n) is 9.63. The summed E-state index contributed by atoms with van der Waals surface area (Å²) < 4.78 is 0. The van der Waals surface area contributed by atoms with Gasteiger partial charge in [-0.1, -0.05) is 19.1 Å². The predicted molar refractivity (Wildman–Crippen MR) is 104 cm³/mol. The molecule has 9 heteroatoms. The van der Waals surface area contributed by atoms with Crippen molar-refractivity contribution < 1.29 is 34.8 Å². The van der Waals surface area contributed by atoms with Crippen molar-refractivity contribution in [2.24, 2.45) is 23.3 Å². The number of phenols is 1. The number of amides is 1. The number of aliphatic hydroxyl groups excluding tert-OH is 2. The van der Waals surface area contributed by atoms with Crippen molar-refractivity contribution in [2.45, 2.75) is 37.3 Å². The Labute approximate surface area is 171 Å². The van der Waals surface area contributed by atoms with Crippen LogP contribution in [0, 0.1) is 11.8 Å². The lowest BCUT2D eigenvalue weighted by Crippen LogP contribution is -2.65. The van der Waals surface area contributed by atoms with Crippen molar-refractivity contribution in [1.29, 1.82) is 0 Å². The number of hydrogen-bond acceptors (Lipinski definition) is 8. The summed E-state index contributed by atoms with van der Waals surface area (Å²) in [5.74, 6) is -7.33. The van der Waals surface area contributed by atoms with E-state index < -0.39 is 58.0 Å². The van der Waals surface area contributed by atoms with E-state index in [1.807, 2.05) is 6.92 Å². The molecule has 0 spiro atoms. The highest BCUT2D eigenvalue weighted by atomic mass is 16.3. The van der Waals surface area contributed by atoms with Crippen LogP contribution in [0.2, 0.25) is 0 Å². The molecule has 1 fully saturated rings. The van der Waals surface area contributed by atoms with Gasteiger partial charge >= 0.3 is 0 Å². The molecule has 1 aromatic carbocycles. The van der Waals surface area contributed by atoms with Crippen molar-refractivity contribution in [3.05, 3.63) is 46.2 Å². The monoisotopic (exact) mass is 414 g/mol. The van der Waals surface area contributed by atoms with Gasteiger partial charge in [-0.05, 0) is 36.3 Å². The van der Waals surface area contributed by atoms with E-state index >= 15 is 0 Å². The van der Waals surface area contributed by atoms with E-state index in [1.165, 1.54) is 6.07 Å². The number of carbonyl (C=O) groups excluding carboxylic acids is 3. The molecule has 1 saturated carbocycles. The second kappa shape index (κ2) is 6.41. The van der Waals surface area contributed by atoms with Crippen LogP contribution in [0.5, 0.6) is 5.75 Å². The number of fused-ring (bicyclic) bond motifs is 3. The van der Waals surface area contributed by atoms with Crippen LogP contribution in [0.15, 0.2) is 35.1 Å². The van der Waals surface area contributed by atoms with Gasteiger partial charge in [-0.25, -0.2) is 0 Å². The standard InChI is InChI=1S/C21H22N2O7/c1-2-7-8-4-3-5-11(24)12(8)16(25)13-9(7)6-10-15(22)17(26)14(20(23)29)19(28)21(10,30)18(13)27/h3-5,7,9-10,15,24-25,28,30H,2,6,22H2,1H3,(H2,23,29)/t7-,9-,10+,15+,21+/m1/s1. The lowest BCUT2D eigenvalue weighted by Gasteiger charge is -2.49. The fourth-order valence-corrected chi connectivity index (χ4v) is 5.32. The third-order valence-corrected chi connectivity index (χ3v) is 6.72. The molecule has 0 aliphatic heterocycles. The Hall–Kier alpha value is -3.17. The second-order valence-electron chi connectivity index (χ2n) is 8.04. The van der Waals surface area contributed by atoms with Gasteiger partial charge in [-0.3, -0.25) is 14.4 Å². The molecule has 1 amide bonds. The Morgan fingerprint density at radius 1 is 1.23 bits per heavy atom. The van der Waals surface area contributed by atoms with Crippen molar-refractivity contribution >= 4 is 23.2 Å². The highest BCUT2D eigenvalue weighted by Crippen LogP contribution is 2.56. The summed E-state index contributed by atoms with van der Waals surface area (Å²) in [6, 6.07) is 3.28. The first-order chi connectivity index (χ1) is 14.1. The highest BCUT2D eigenvalue weighted by Gasteiger charge is 2.63. The topological polar surface area (TPSA) is 184 Å². The molecule has 0 unspecified atom stereocenters. The maximum atomic E-state index is 13.5. The van der Waals surface area contributed by atoms with Gasteiger partial charge in [0, 0.05) is 11.5 Å². The Bertz CT molecular complexity index is 1070. The van der Waals surface area contributed by atoms with E-state index in [1.54, 1.807) is 12.1 Å². The molecule has 5 atom stereocenters. The van der Waals surface area contributed by atoms with E-state index in [0.717, 1.165) is 0 Å². The molecular weight excluding hydrogens is 392 g/mol. The normalized spacial score (nSPS) is 33.2. The average molecular weight is 414 g/mol. The smallest absolute Gasteiger partial charge is 0.255 e.